The van der Waals surface area contributed by atoms with Crippen molar-refractivity contribution in [3.8, 4) is 0 Å². The zero-order valence-corrected chi connectivity index (χ0v) is 10.0. The molecule has 2 rings (SSSR count). The zero-order chi connectivity index (χ0) is 11.2. The number of carboxylic acid groups (broad SMARTS) is 1. The number of hydrogen-bond acceptors (Lipinski definition) is 5. The lowest BCUT2D eigenvalue weighted by atomic mass is 10.1. The van der Waals surface area contributed by atoms with Gasteiger partial charge in [-0.15, -0.1) is 24.2 Å². The van der Waals surface area contributed by atoms with Crippen LogP contribution in [-0.4, -0.2) is 46.2 Å². The van der Waals surface area contributed by atoms with Gasteiger partial charge in [0.2, 0.25) is 5.91 Å². The van der Waals surface area contributed by atoms with E-state index in [1.165, 1.54) is 23.8 Å². The molecular weight excluding hydrogens is 256 g/mol. The molecule has 2 aliphatic heterocycles. The van der Waals surface area contributed by atoms with Crippen LogP contribution in [0.15, 0.2) is 11.5 Å². The molecule has 1 amide bonds. The Bertz CT molecular complexity index is 373. The number of β-lactam (4-membered cyclic amide) rings is 1. The van der Waals surface area contributed by atoms with Crippen LogP contribution in [0.1, 0.15) is 0 Å². The first-order valence-corrected chi connectivity index (χ1v) is 5.33. The minimum absolute atomic E-state index is 0. The van der Waals surface area contributed by atoms with Gasteiger partial charge in [-0.2, -0.15) is 0 Å². The summed E-state index contributed by atoms with van der Waals surface area (Å²) in [7, 11) is 1.39. The molecule has 2 atom stereocenters. The Morgan fingerprint density at radius 3 is 2.81 bits per heavy atom. The molecule has 0 radical (unpaired) electrons. The second-order valence-corrected chi connectivity index (χ2v) is 4.32. The van der Waals surface area contributed by atoms with Crippen LogP contribution in [0.4, 0.5) is 0 Å². The van der Waals surface area contributed by atoms with Crippen molar-refractivity contribution in [2.75, 3.05) is 12.9 Å². The van der Waals surface area contributed by atoms with E-state index in [1.54, 1.807) is 0 Å². The highest BCUT2D eigenvalue weighted by molar-refractivity contribution is 8.00. The van der Waals surface area contributed by atoms with E-state index >= 15 is 0 Å². The van der Waals surface area contributed by atoms with Crippen molar-refractivity contribution in [3.63, 3.8) is 0 Å². The summed E-state index contributed by atoms with van der Waals surface area (Å²) in [5.74, 6) is -0.777. The predicted octanol–water partition coefficient (Wildman–Crippen LogP) is -0.407. The Morgan fingerprint density at radius 2 is 2.31 bits per heavy atom. The number of aliphatic carboxylic acids is 1. The normalized spacial score (nSPS) is 27.9. The molecule has 0 aromatic heterocycles. The van der Waals surface area contributed by atoms with Gasteiger partial charge in [-0.05, 0) is 0 Å². The van der Waals surface area contributed by atoms with E-state index in [1.807, 2.05) is 0 Å². The smallest absolute Gasteiger partial charge is 0.356 e. The van der Waals surface area contributed by atoms with Gasteiger partial charge in [-0.1, -0.05) is 0 Å². The number of amides is 1. The van der Waals surface area contributed by atoms with Crippen LogP contribution in [-0.2, 0) is 14.3 Å². The first-order valence-electron chi connectivity index (χ1n) is 4.28. The zero-order valence-electron chi connectivity index (χ0n) is 8.37. The Kier molecular flexibility index (Phi) is 3.72. The average Bonchev–Trinajstić information content (AvgIpc) is 2.25. The van der Waals surface area contributed by atoms with E-state index in [4.69, 9.17) is 15.6 Å². The van der Waals surface area contributed by atoms with Crippen molar-refractivity contribution >= 4 is 36.0 Å². The number of hydrogen-bond donors (Lipinski definition) is 2. The summed E-state index contributed by atoms with van der Waals surface area (Å²) >= 11 is 1.41. The van der Waals surface area contributed by atoms with Crippen molar-refractivity contribution < 1.29 is 19.4 Å². The molecule has 0 aliphatic carbocycles. The molecule has 2 aliphatic rings. The number of fused-ring (bicyclic) bond motifs is 1. The van der Waals surface area contributed by atoms with Crippen molar-refractivity contribution in [3.05, 3.63) is 11.5 Å². The lowest BCUT2D eigenvalue weighted by molar-refractivity contribution is -0.148. The fourth-order valence-corrected chi connectivity index (χ4v) is 2.90. The molecule has 0 bridgehead atoms. The minimum atomic E-state index is -1.16. The number of methoxy groups -OCH3 is 1. The van der Waals surface area contributed by atoms with Gasteiger partial charge >= 0.3 is 5.97 Å². The van der Waals surface area contributed by atoms with Gasteiger partial charge in [-0.25, -0.2) is 4.79 Å². The first-order chi connectivity index (χ1) is 7.07. The molecule has 90 valence electrons. The summed E-state index contributed by atoms with van der Waals surface area (Å²) < 4.78 is 4.94. The number of halogens is 1. The van der Waals surface area contributed by atoms with Crippen LogP contribution in [0.2, 0.25) is 0 Å². The summed E-state index contributed by atoms with van der Waals surface area (Å²) in [6, 6.07) is -0.595. The van der Waals surface area contributed by atoms with E-state index in [9.17, 15) is 9.59 Å². The van der Waals surface area contributed by atoms with Gasteiger partial charge in [0.15, 0.2) is 5.70 Å². The molecule has 1 saturated heterocycles. The maximum atomic E-state index is 11.4. The standard InChI is InChI=1S/C8H10N2O4S.ClH/c1-14-3-2-15-7-4(9)6(11)10(7)5(3)8(12)13;/h4,7H,2,9H2,1H3,(H,12,13);1H/t4-,7+;/m1./s1. The molecule has 3 N–H and O–H groups in total. The van der Waals surface area contributed by atoms with E-state index in [0.717, 1.165) is 0 Å². The molecule has 16 heavy (non-hydrogen) atoms. The molecule has 0 aromatic rings. The van der Waals surface area contributed by atoms with Crippen LogP contribution in [0.5, 0.6) is 0 Å². The number of ether oxygens (including phenoxy) is 1. The molecular formula is C8H11ClN2O4S. The van der Waals surface area contributed by atoms with Gasteiger partial charge in [0.1, 0.15) is 17.2 Å². The van der Waals surface area contributed by atoms with E-state index in [2.05, 4.69) is 0 Å². The van der Waals surface area contributed by atoms with E-state index in [0.29, 0.717) is 11.5 Å². The highest BCUT2D eigenvalue weighted by Crippen LogP contribution is 2.39. The summed E-state index contributed by atoms with van der Waals surface area (Å²) in [6.07, 6.45) is 0. The molecule has 6 nitrogen and oxygen atoms in total. The third-order valence-electron chi connectivity index (χ3n) is 2.42. The Hall–Kier alpha value is -0.920. The van der Waals surface area contributed by atoms with Crippen LogP contribution >= 0.6 is 24.2 Å². The fourth-order valence-electron chi connectivity index (χ4n) is 1.64. The number of rotatable bonds is 2. The monoisotopic (exact) mass is 266 g/mol. The summed E-state index contributed by atoms with van der Waals surface area (Å²) in [4.78, 5) is 23.6. The maximum Gasteiger partial charge on any atom is 0.356 e. The number of nitrogens with two attached hydrogens (primary N) is 1. The largest absolute Gasteiger partial charge is 0.498 e. The Balaban J connectivity index is 0.00000128. The van der Waals surface area contributed by atoms with Gasteiger partial charge in [-0.3, -0.25) is 9.69 Å². The van der Waals surface area contributed by atoms with Crippen LogP contribution < -0.4 is 5.73 Å². The van der Waals surface area contributed by atoms with E-state index < -0.39 is 12.0 Å². The molecule has 0 spiro atoms. The van der Waals surface area contributed by atoms with Crippen molar-refractivity contribution in [1.29, 1.82) is 0 Å². The molecule has 0 saturated carbocycles. The SMILES string of the molecule is COC1=C(C(=O)O)N2C(=O)[C@@H](N)[C@@H]2SC1.Cl. The Labute approximate surface area is 102 Å². The maximum absolute atomic E-state index is 11.4. The van der Waals surface area contributed by atoms with Gasteiger partial charge in [0, 0.05) is 0 Å². The highest BCUT2D eigenvalue weighted by Gasteiger charge is 2.52. The number of nitrogens with zero attached hydrogens (tertiary/aromatic N) is 1. The van der Waals surface area contributed by atoms with Crippen molar-refractivity contribution in [2.24, 2.45) is 5.73 Å². The van der Waals surface area contributed by atoms with E-state index in [-0.39, 0.29) is 29.4 Å². The average molecular weight is 267 g/mol. The molecule has 2 heterocycles. The van der Waals surface area contributed by atoms with Crippen molar-refractivity contribution in [1.82, 2.24) is 4.90 Å². The number of thioether (sulfide) groups is 1. The van der Waals surface area contributed by atoms with Gasteiger partial charge < -0.3 is 15.6 Å². The van der Waals surface area contributed by atoms with Crippen molar-refractivity contribution in [2.45, 2.75) is 11.4 Å². The third kappa shape index (κ3) is 1.64. The third-order valence-corrected chi connectivity index (χ3v) is 3.70. The summed E-state index contributed by atoms with van der Waals surface area (Å²) in [6.45, 7) is 0. The predicted molar refractivity (Wildman–Crippen MR) is 60.0 cm³/mol. The fraction of sp³-hybridized carbons (Fsp3) is 0.500. The number of carbonyl (C=O) groups excluding carboxylic acids is 1. The second-order valence-electron chi connectivity index (χ2n) is 3.22. The van der Waals surface area contributed by atoms with Gasteiger partial charge in [0.25, 0.3) is 0 Å². The summed E-state index contributed by atoms with van der Waals surface area (Å²) in [5.41, 5.74) is 5.48. The molecule has 1 fully saturated rings. The van der Waals surface area contributed by atoms with Gasteiger partial charge in [0.05, 0.1) is 12.9 Å². The molecule has 0 aromatic carbocycles. The first kappa shape index (κ1) is 13.1. The molecule has 0 unspecified atom stereocenters. The lowest BCUT2D eigenvalue weighted by Crippen LogP contribution is -2.68. The number of carbonyl (C=O) groups is 2. The molecule has 8 heteroatoms. The number of carboxylic acids is 1. The Morgan fingerprint density at radius 1 is 1.69 bits per heavy atom. The lowest BCUT2D eigenvalue weighted by Gasteiger charge is -2.47. The minimum Gasteiger partial charge on any atom is -0.498 e. The van der Waals surface area contributed by atoms with Crippen LogP contribution in [0.25, 0.3) is 0 Å². The topological polar surface area (TPSA) is 92.9 Å². The quantitative estimate of drug-likeness (QED) is 0.660. The summed E-state index contributed by atoms with van der Waals surface area (Å²) in [5, 5.41) is 8.72. The van der Waals surface area contributed by atoms with Crippen LogP contribution in [0, 0.1) is 0 Å². The van der Waals surface area contributed by atoms with Crippen LogP contribution in [0.3, 0.4) is 0 Å². The highest BCUT2D eigenvalue weighted by atomic mass is 35.5. The second kappa shape index (κ2) is 4.52.